The van der Waals surface area contributed by atoms with Gasteiger partial charge in [-0.3, -0.25) is 0 Å². The molecule has 2 heterocycles. The summed E-state index contributed by atoms with van der Waals surface area (Å²) in [6.07, 6.45) is 2.00. The highest BCUT2D eigenvalue weighted by Gasteiger charge is 2.39. The largest absolute Gasteiger partial charge is 0.418 e. The number of pyridine rings is 1. The van der Waals surface area contributed by atoms with Crippen molar-refractivity contribution in [2.24, 2.45) is 16.8 Å². The standard InChI is InChI=1S/C25H35F3N4O/c1-7-9-21(25(26,27)28)22(19(5)20-10-8-12-30-23(20)29-6)31-16-32-13-11-18(4)24(33,15-32)14-17(2)3/h7-10,12,16-18,33H,5,11,13-15H2,1-4,6H3,(H,29,30)/b9-7-,22-21+,31-16+. The monoisotopic (exact) mass is 464 g/mol. The van der Waals surface area contributed by atoms with E-state index in [1.54, 1.807) is 30.3 Å². The zero-order valence-electron chi connectivity index (χ0n) is 20.1. The van der Waals surface area contributed by atoms with Crippen molar-refractivity contribution in [3.05, 3.63) is 53.9 Å². The number of piperidine rings is 1. The van der Waals surface area contributed by atoms with Crippen LogP contribution in [0.25, 0.3) is 5.57 Å². The van der Waals surface area contributed by atoms with E-state index in [1.165, 1.54) is 19.3 Å². The summed E-state index contributed by atoms with van der Waals surface area (Å²) in [4.78, 5) is 10.3. The third-order valence-corrected chi connectivity index (χ3v) is 5.90. The Morgan fingerprint density at radius 1 is 1.45 bits per heavy atom. The van der Waals surface area contributed by atoms with E-state index in [9.17, 15) is 18.3 Å². The third-order valence-electron chi connectivity index (χ3n) is 5.90. The lowest BCUT2D eigenvalue weighted by Gasteiger charge is -2.44. The Hall–Kier alpha value is -2.61. The minimum absolute atomic E-state index is 0.0943. The molecule has 1 aromatic rings. The molecule has 0 saturated carbocycles. The molecule has 1 aromatic heterocycles. The van der Waals surface area contributed by atoms with Crippen LogP contribution >= 0.6 is 0 Å². The van der Waals surface area contributed by atoms with E-state index in [4.69, 9.17) is 0 Å². The fourth-order valence-electron chi connectivity index (χ4n) is 4.19. The molecule has 0 aliphatic carbocycles. The van der Waals surface area contributed by atoms with Gasteiger partial charge in [0.05, 0.1) is 23.2 Å². The Morgan fingerprint density at radius 2 is 2.15 bits per heavy atom. The van der Waals surface area contributed by atoms with E-state index in [-0.39, 0.29) is 17.2 Å². The quantitative estimate of drug-likeness (QED) is 0.295. The van der Waals surface area contributed by atoms with Crippen LogP contribution < -0.4 is 5.32 Å². The number of nitrogens with zero attached hydrogens (tertiary/aromatic N) is 3. The molecule has 2 unspecified atom stereocenters. The van der Waals surface area contributed by atoms with Gasteiger partial charge in [0.1, 0.15) is 5.82 Å². The number of hydrogen-bond acceptors (Lipinski definition) is 4. The zero-order chi connectivity index (χ0) is 24.8. The summed E-state index contributed by atoms with van der Waals surface area (Å²) in [5.41, 5.74) is -1.55. The van der Waals surface area contributed by atoms with Crippen LogP contribution in [0.3, 0.4) is 0 Å². The summed E-state index contributed by atoms with van der Waals surface area (Å²) in [7, 11) is 1.65. The number of anilines is 1. The van der Waals surface area contributed by atoms with Crippen LogP contribution in [-0.4, -0.2) is 53.2 Å². The van der Waals surface area contributed by atoms with Crippen LogP contribution in [0.5, 0.6) is 0 Å². The average molecular weight is 465 g/mol. The van der Waals surface area contributed by atoms with E-state index in [1.807, 2.05) is 20.8 Å². The number of allylic oxidation sites excluding steroid dienone is 4. The maximum Gasteiger partial charge on any atom is 0.418 e. The topological polar surface area (TPSA) is 60.8 Å². The molecular weight excluding hydrogens is 429 g/mol. The molecule has 0 spiro atoms. The van der Waals surface area contributed by atoms with Gasteiger partial charge >= 0.3 is 6.18 Å². The third kappa shape index (κ3) is 6.69. The predicted molar refractivity (Wildman–Crippen MR) is 129 cm³/mol. The minimum Gasteiger partial charge on any atom is -0.388 e. The van der Waals surface area contributed by atoms with E-state index in [0.29, 0.717) is 36.8 Å². The number of halogens is 3. The van der Waals surface area contributed by atoms with Crippen LogP contribution in [0, 0.1) is 11.8 Å². The first-order valence-electron chi connectivity index (χ1n) is 11.2. The van der Waals surface area contributed by atoms with Gasteiger partial charge in [-0.1, -0.05) is 39.5 Å². The molecule has 1 saturated heterocycles. The fraction of sp³-hybridized carbons (Fsp3) is 0.520. The van der Waals surface area contributed by atoms with Crippen molar-refractivity contribution in [3.8, 4) is 0 Å². The van der Waals surface area contributed by atoms with Gasteiger partial charge in [0.2, 0.25) is 0 Å². The smallest absolute Gasteiger partial charge is 0.388 e. The first-order chi connectivity index (χ1) is 15.4. The SMILES string of the molecule is C=C(C(/N=C/N1CCC(C)C(O)(CC(C)C)C1)=C(/C=C\C)C(F)(F)F)c1cccnc1NC. The normalized spacial score (nSPS) is 22.8. The second-order valence-corrected chi connectivity index (χ2v) is 8.99. The summed E-state index contributed by atoms with van der Waals surface area (Å²) < 4.78 is 42.0. The number of alkyl halides is 3. The molecule has 2 N–H and O–H groups in total. The molecule has 2 rings (SSSR count). The summed E-state index contributed by atoms with van der Waals surface area (Å²) in [6.45, 7) is 12.5. The average Bonchev–Trinajstić information content (AvgIpc) is 2.74. The fourth-order valence-corrected chi connectivity index (χ4v) is 4.19. The maximum atomic E-state index is 14.0. The number of likely N-dealkylation sites (tertiary alicyclic amines) is 1. The lowest BCUT2D eigenvalue weighted by molar-refractivity contribution is -0.0888. The molecule has 1 aliphatic rings. The molecule has 8 heteroatoms. The highest BCUT2D eigenvalue weighted by Crippen LogP contribution is 2.37. The molecule has 182 valence electrons. The summed E-state index contributed by atoms with van der Waals surface area (Å²) in [5, 5.41) is 14.1. The molecule has 1 fully saturated rings. The van der Waals surface area contributed by atoms with Gasteiger partial charge < -0.3 is 15.3 Å². The number of aliphatic imine (C=N–C) groups is 1. The van der Waals surface area contributed by atoms with Gasteiger partial charge in [-0.25, -0.2) is 9.98 Å². The van der Waals surface area contributed by atoms with Crippen LogP contribution in [-0.2, 0) is 0 Å². The van der Waals surface area contributed by atoms with Crippen molar-refractivity contribution in [2.75, 3.05) is 25.5 Å². The molecule has 0 bridgehead atoms. The van der Waals surface area contributed by atoms with Gasteiger partial charge in [-0.2, -0.15) is 13.2 Å². The van der Waals surface area contributed by atoms with Crippen LogP contribution in [0.4, 0.5) is 19.0 Å². The maximum absolute atomic E-state index is 14.0. The van der Waals surface area contributed by atoms with E-state index in [0.717, 1.165) is 12.5 Å². The van der Waals surface area contributed by atoms with Gasteiger partial charge in [-0.15, -0.1) is 0 Å². The number of aliphatic hydroxyl groups is 1. The van der Waals surface area contributed by atoms with Gasteiger partial charge in [0.25, 0.3) is 0 Å². The number of hydrogen-bond donors (Lipinski definition) is 2. The molecule has 1 aliphatic heterocycles. The van der Waals surface area contributed by atoms with Crippen molar-refractivity contribution in [1.82, 2.24) is 9.88 Å². The number of nitrogens with one attached hydrogen (secondary N) is 1. The van der Waals surface area contributed by atoms with Crippen molar-refractivity contribution >= 4 is 17.7 Å². The van der Waals surface area contributed by atoms with E-state index >= 15 is 0 Å². The second kappa shape index (κ2) is 11.0. The van der Waals surface area contributed by atoms with E-state index in [2.05, 4.69) is 21.9 Å². The zero-order valence-corrected chi connectivity index (χ0v) is 20.1. The molecular formula is C25H35F3N4O. The predicted octanol–water partition coefficient (Wildman–Crippen LogP) is 5.68. The molecule has 0 aromatic carbocycles. The number of rotatable bonds is 8. The molecule has 2 atom stereocenters. The summed E-state index contributed by atoms with van der Waals surface area (Å²) in [6, 6.07) is 3.30. The number of aromatic nitrogens is 1. The summed E-state index contributed by atoms with van der Waals surface area (Å²) in [5.74, 6) is 0.800. The van der Waals surface area contributed by atoms with Crippen molar-refractivity contribution in [2.45, 2.75) is 52.3 Å². The molecule has 0 amide bonds. The van der Waals surface area contributed by atoms with Gasteiger partial charge in [0.15, 0.2) is 0 Å². The molecule has 0 radical (unpaired) electrons. The van der Waals surface area contributed by atoms with Crippen molar-refractivity contribution < 1.29 is 18.3 Å². The lowest BCUT2D eigenvalue weighted by atomic mass is 9.77. The Labute approximate surface area is 194 Å². The second-order valence-electron chi connectivity index (χ2n) is 8.99. The van der Waals surface area contributed by atoms with Crippen molar-refractivity contribution in [3.63, 3.8) is 0 Å². The molecule has 33 heavy (non-hydrogen) atoms. The highest BCUT2D eigenvalue weighted by atomic mass is 19.4. The Morgan fingerprint density at radius 3 is 2.73 bits per heavy atom. The Balaban J connectivity index is 2.51. The lowest BCUT2D eigenvalue weighted by Crippen LogP contribution is -2.53. The van der Waals surface area contributed by atoms with Gasteiger partial charge in [0, 0.05) is 37.5 Å². The minimum atomic E-state index is -4.63. The molecule has 5 nitrogen and oxygen atoms in total. The number of β-amino-alcohol motifs (C(OH)–C–C–N with tert-alkyl or cyclic N) is 1. The Kier molecular flexibility index (Phi) is 8.89. The summed E-state index contributed by atoms with van der Waals surface area (Å²) >= 11 is 0. The van der Waals surface area contributed by atoms with Crippen molar-refractivity contribution in [1.29, 1.82) is 0 Å². The Bertz CT molecular complexity index is 920. The van der Waals surface area contributed by atoms with E-state index < -0.39 is 17.4 Å². The van der Waals surface area contributed by atoms with Crippen LogP contribution in [0.15, 0.2) is 53.3 Å². The first kappa shape index (κ1) is 26.6. The first-order valence-corrected chi connectivity index (χ1v) is 11.2. The van der Waals surface area contributed by atoms with Crippen LogP contribution in [0.2, 0.25) is 0 Å². The van der Waals surface area contributed by atoms with Crippen LogP contribution in [0.1, 0.15) is 46.1 Å². The highest BCUT2D eigenvalue weighted by molar-refractivity contribution is 5.85. The van der Waals surface area contributed by atoms with Gasteiger partial charge in [-0.05, 0) is 43.7 Å².